The molecule has 1 saturated heterocycles. The van der Waals surface area contributed by atoms with Crippen molar-refractivity contribution in [3.63, 3.8) is 0 Å². The van der Waals surface area contributed by atoms with Crippen molar-refractivity contribution in [2.75, 3.05) is 13.1 Å². The van der Waals surface area contributed by atoms with Crippen molar-refractivity contribution in [2.45, 2.75) is 45.3 Å². The van der Waals surface area contributed by atoms with Crippen LogP contribution in [0, 0.1) is 18.8 Å². The molecule has 5 nitrogen and oxygen atoms in total. The van der Waals surface area contributed by atoms with Gasteiger partial charge in [0.15, 0.2) is 5.82 Å². The third kappa shape index (κ3) is 3.52. The third-order valence-corrected chi connectivity index (χ3v) is 5.51. The highest BCUT2D eigenvalue weighted by atomic mass is 16.5. The van der Waals surface area contributed by atoms with E-state index in [4.69, 9.17) is 4.52 Å². The molecule has 0 spiro atoms. The third-order valence-electron chi connectivity index (χ3n) is 5.51. The zero-order chi connectivity index (χ0) is 16.4. The first-order chi connectivity index (χ1) is 11.8. The molecule has 1 aromatic carbocycles. The minimum Gasteiger partial charge on any atom is -0.338 e. The number of aromatic nitrogens is 2. The normalized spacial score (nSPS) is 27.3. The van der Waals surface area contributed by atoms with Gasteiger partial charge >= 0.3 is 0 Å². The summed E-state index contributed by atoms with van der Waals surface area (Å²) in [6, 6.07) is 11.4. The number of fused-ring (bicyclic) bond motifs is 1. The van der Waals surface area contributed by atoms with E-state index in [-0.39, 0.29) is 0 Å². The molecule has 2 aromatic rings. The molecule has 24 heavy (non-hydrogen) atoms. The van der Waals surface area contributed by atoms with Crippen molar-refractivity contribution in [3.05, 3.63) is 47.6 Å². The topological polar surface area (TPSA) is 54.2 Å². The van der Waals surface area contributed by atoms with E-state index in [1.54, 1.807) is 0 Å². The molecule has 1 N–H and O–H groups in total. The quantitative estimate of drug-likeness (QED) is 0.915. The number of likely N-dealkylation sites (tertiary alicyclic amines) is 1. The molecule has 4 rings (SSSR count). The van der Waals surface area contributed by atoms with Crippen LogP contribution in [0.15, 0.2) is 34.9 Å². The maximum atomic E-state index is 5.23. The van der Waals surface area contributed by atoms with Crippen LogP contribution < -0.4 is 5.32 Å². The molecule has 1 aliphatic carbocycles. The lowest BCUT2D eigenvalue weighted by Gasteiger charge is -2.33. The van der Waals surface area contributed by atoms with Crippen LogP contribution in [0.2, 0.25) is 0 Å². The summed E-state index contributed by atoms with van der Waals surface area (Å²) < 4.78 is 5.23. The summed E-state index contributed by atoms with van der Waals surface area (Å²) in [5.41, 5.74) is 1.42. The Balaban J connectivity index is 1.35. The molecule has 2 heterocycles. The standard InChI is InChI=1S/C19H26N4O/c1-14-21-19(24-22-14)10-20-18-9-5-8-16-12-23(13-17(16)18)11-15-6-3-2-4-7-15/h2-4,6-7,16-18,20H,5,8-13H2,1H3. The van der Waals surface area contributed by atoms with E-state index in [0.29, 0.717) is 24.3 Å². The van der Waals surface area contributed by atoms with E-state index in [1.807, 2.05) is 6.92 Å². The van der Waals surface area contributed by atoms with E-state index >= 15 is 0 Å². The van der Waals surface area contributed by atoms with Gasteiger partial charge in [-0.1, -0.05) is 41.9 Å². The Kier molecular flexibility index (Phi) is 4.63. The van der Waals surface area contributed by atoms with Crippen LogP contribution in [-0.2, 0) is 13.1 Å². The van der Waals surface area contributed by atoms with Crippen molar-refractivity contribution in [1.82, 2.24) is 20.4 Å². The van der Waals surface area contributed by atoms with Gasteiger partial charge in [-0.15, -0.1) is 0 Å². The van der Waals surface area contributed by atoms with Gasteiger partial charge in [-0.3, -0.25) is 4.90 Å². The van der Waals surface area contributed by atoms with E-state index in [0.717, 1.165) is 18.4 Å². The van der Waals surface area contributed by atoms with Crippen LogP contribution in [0.4, 0.5) is 0 Å². The molecule has 1 saturated carbocycles. The van der Waals surface area contributed by atoms with Crippen molar-refractivity contribution in [2.24, 2.45) is 11.8 Å². The molecule has 2 aliphatic rings. The maximum Gasteiger partial charge on any atom is 0.240 e. The summed E-state index contributed by atoms with van der Waals surface area (Å²) in [5, 5.41) is 7.56. The first kappa shape index (κ1) is 15.8. The zero-order valence-corrected chi connectivity index (χ0v) is 14.3. The molecular weight excluding hydrogens is 300 g/mol. The maximum absolute atomic E-state index is 5.23. The Labute approximate surface area is 143 Å². The summed E-state index contributed by atoms with van der Waals surface area (Å²) in [7, 11) is 0. The SMILES string of the molecule is Cc1noc(CNC2CCCC3CN(Cc4ccccc4)CC32)n1. The molecular formula is C19H26N4O. The van der Waals surface area contributed by atoms with E-state index < -0.39 is 0 Å². The Bertz CT molecular complexity index is 656. The Morgan fingerprint density at radius 3 is 2.88 bits per heavy atom. The average Bonchev–Trinajstić information content (AvgIpc) is 3.19. The number of benzene rings is 1. The molecule has 3 atom stereocenters. The Morgan fingerprint density at radius 2 is 2.08 bits per heavy atom. The molecule has 0 amide bonds. The molecule has 5 heteroatoms. The fourth-order valence-electron chi connectivity index (χ4n) is 4.42. The number of nitrogens with one attached hydrogen (secondary N) is 1. The van der Waals surface area contributed by atoms with E-state index in [9.17, 15) is 0 Å². The summed E-state index contributed by atoms with van der Waals surface area (Å²) in [4.78, 5) is 6.93. The molecule has 3 unspecified atom stereocenters. The average molecular weight is 326 g/mol. The van der Waals surface area contributed by atoms with Gasteiger partial charge in [0.2, 0.25) is 5.89 Å². The Morgan fingerprint density at radius 1 is 1.21 bits per heavy atom. The van der Waals surface area contributed by atoms with Crippen LogP contribution in [0.3, 0.4) is 0 Å². The summed E-state index contributed by atoms with van der Waals surface area (Å²) in [5.74, 6) is 2.98. The Hall–Kier alpha value is -1.72. The summed E-state index contributed by atoms with van der Waals surface area (Å²) in [6.07, 6.45) is 3.95. The second kappa shape index (κ2) is 7.03. The fraction of sp³-hybridized carbons (Fsp3) is 0.579. The number of aryl methyl sites for hydroxylation is 1. The van der Waals surface area contributed by atoms with E-state index in [2.05, 4.69) is 50.7 Å². The highest BCUT2D eigenvalue weighted by Gasteiger charge is 2.39. The second-order valence-electron chi connectivity index (χ2n) is 7.26. The zero-order valence-electron chi connectivity index (χ0n) is 14.3. The minimum absolute atomic E-state index is 0.566. The lowest BCUT2D eigenvalue weighted by atomic mass is 9.78. The van der Waals surface area contributed by atoms with Gasteiger partial charge in [0.1, 0.15) is 0 Å². The van der Waals surface area contributed by atoms with Gasteiger partial charge in [-0.25, -0.2) is 0 Å². The van der Waals surface area contributed by atoms with Crippen LogP contribution in [0.25, 0.3) is 0 Å². The first-order valence-electron chi connectivity index (χ1n) is 9.07. The predicted molar refractivity (Wildman–Crippen MR) is 92.2 cm³/mol. The molecule has 2 fully saturated rings. The van der Waals surface area contributed by atoms with Crippen molar-refractivity contribution in [1.29, 1.82) is 0 Å². The van der Waals surface area contributed by atoms with Gasteiger partial charge in [0.25, 0.3) is 0 Å². The molecule has 128 valence electrons. The minimum atomic E-state index is 0.566. The predicted octanol–water partition coefficient (Wildman–Crippen LogP) is 2.77. The van der Waals surface area contributed by atoms with Gasteiger partial charge in [0.05, 0.1) is 6.54 Å². The van der Waals surface area contributed by atoms with Crippen LogP contribution in [0.5, 0.6) is 0 Å². The van der Waals surface area contributed by atoms with Crippen molar-refractivity contribution >= 4 is 0 Å². The first-order valence-corrected chi connectivity index (χ1v) is 9.07. The number of hydrogen-bond donors (Lipinski definition) is 1. The highest BCUT2D eigenvalue weighted by molar-refractivity contribution is 5.15. The smallest absolute Gasteiger partial charge is 0.240 e. The van der Waals surface area contributed by atoms with Crippen molar-refractivity contribution in [3.8, 4) is 0 Å². The second-order valence-corrected chi connectivity index (χ2v) is 7.26. The van der Waals surface area contributed by atoms with Crippen molar-refractivity contribution < 1.29 is 4.52 Å². The number of nitrogens with zero attached hydrogens (tertiary/aromatic N) is 3. The van der Waals surface area contributed by atoms with E-state index in [1.165, 1.54) is 37.9 Å². The number of rotatable bonds is 5. The lowest BCUT2D eigenvalue weighted by molar-refractivity contribution is 0.214. The van der Waals surface area contributed by atoms with Gasteiger partial charge < -0.3 is 9.84 Å². The van der Waals surface area contributed by atoms with Crippen LogP contribution in [-0.4, -0.2) is 34.2 Å². The fourth-order valence-corrected chi connectivity index (χ4v) is 4.42. The molecule has 1 aromatic heterocycles. The highest BCUT2D eigenvalue weighted by Crippen LogP contribution is 2.37. The molecule has 1 aliphatic heterocycles. The summed E-state index contributed by atoms with van der Waals surface area (Å²) in [6.45, 7) is 6.05. The van der Waals surface area contributed by atoms with Gasteiger partial charge in [-0.05, 0) is 37.2 Å². The van der Waals surface area contributed by atoms with Crippen LogP contribution in [0.1, 0.15) is 36.5 Å². The molecule has 0 bridgehead atoms. The molecule has 0 radical (unpaired) electrons. The largest absolute Gasteiger partial charge is 0.338 e. The lowest BCUT2D eigenvalue weighted by Crippen LogP contribution is -2.42. The monoisotopic (exact) mass is 326 g/mol. The van der Waals surface area contributed by atoms with Gasteiger partial charge in [0, 0.05) is 25.7 Å². The number of hydrogen-bond acceptors (Lipinski definition) is 5. The van der Waals surface area contributed by atoms with Crippen LogP contribution >= 0.6 is 0 Å². The van der Waals surface area contributed by atoms with Gasteiger partial charge in [-0.2, -0.15) is 4.98 Å². The summed E-state index contributed by atoms with van der Waals surface area (Å²) >= 11 is 0.